The van der Waals surface area contributed by atoms with Gasteiger partial charge in [-0.15, -0.1) is 11.3 Å². The van der Waals surface area contributed by atoms with Crippen LogP contribution in [0.2, 0.25) is 0 Å². The highest BCUT2D eigenvalue weighted by Crippen LogP contribution is 2.24. The number of hydrogen-bond acceptors (Lipinski definition) is 8. The van der Waals surface area contributed by atoms with Crippen molar-refractivity contribution in [2.24, 2.45) is 0 Å². The molecule has 0 saturated heterocycles. The number of hydrogen-bond donors (Lipinski definition) is 3. The van der Waals surface area contributed by atoms with E-state index in [4.69, 9.17) is 0 Å². The van der Waals surface area contributed by atoms with E-state index in [0.29, 0.717) is 23.8 Å². The van der Waals surface area contributed by atoms with Crippen molar-refractivity contribution in [1.29, 1.82) is 0 Å². The third-order valence-electron chi connectivity index (χ3n) is 4.38. The van der Waals surface area contributed by atoms with E-state index < -0.39 is 0 Å². The molecule has 2 heterocycles. The quantitative estimate of drug-likeness (QED) is 0.428. The number of rotatable bonds is 7. The van der Waals surface area contributed by atoms with Crippen molar-refractivity contribution in [3.8, 4) is 0 Å². The second kappa shape index (κ2) is 8.18. The Morgan fingerprint density at radius 1 is 0.964 bits per heavy atom. The summed E-state index contributed by atoms with van der Waals surface area (Å²) in [6, 6.07) is 16.4. The summed E-state index contributed by atoms with van der Waals surface area (Å²) in [7, 11) is 1.79. The molecule has 0 fully saturated rings. The van der Waals surface area contributed by atoms with Crippen LogP contribution in [0.4, 0.5) is 23.5 Å². The minimum absolute atomic E-state index is 0.334. The maximum Gasteiger partial charge on any atom is 0.233 e. The van der Waals surface area contributed by atoms with Gasteiger partial charge in [0.1, 0.15) is 0 Å². The molecule has 3 N–H and O–H groups in total. The highest BCUT2D eigenvalue weighted by atomic mass is 32.1. The van der Waals surface area contributed by atoms with E-state index in [-0.39, 0.29) is 0 Å². The van der Waals surface area contributed by atoms with Gasteiger partial charge in [0.25, 0.3) is 0 Å². The molecule has 7 nitrogen and oxygen atoms in total. The Bertz CT molecular complexity index is 1060. The van der Waals surface area contributed by atoms with Crippen LogP contribution in [0.5, 0.6) is 0 Å². The first-order chi connectivity index (χ1) is 13.7. The molecule has 28 heavy (non-hydrogen) atoms. The van der Waals surface area contributed by atoms with Crippen molar-refractivity contribution in [1.82, 2.24) is 19.9 Å². The second-order valence-corrected chi connectivity index (χ2v) is 7.30. The topological polar surface area (TPSA) is 87.7 Å². The molecule has 2 aromatic carbocycles. The molecule has 0 radical (unpaired) electrons. The molecule has 0 bridgehead atoms. The zero-order valence-corrected chi connectivity index (χ0v) is 16.5. The minimum atomic E-state index is 0.334. The average Bonchev–Trinajstić information content (AvgIpc) is 3.20. The van der Waals surface area contributed by atoms with Crippen molar-refractivity contribution in [2.45, 2.75) is 12.8 Å². The first-order valence-electron chi connectivity index (χ1n) is 9.04. The standard InChI is InChI=1S/C20H21N7S/c1-13(14-6-4-3-5-7-14)11-22-19-25-18(21-2)26-20(27-19)24-15-8-9-16-17(10-15)28-12-23-16/h3-10,12-13H,11H2,1-2H3,(H3,21,22,24,25,26,27). The summed E-state index contributed by atoms with van der Waals surface area (Å²) >= 11 is 1.60. The van der Waals surface area contributed by atoms with Gasteiger partial charge in [-0.1, -0.05) is 37.3 Å². The first kappa shape index (κ1) is 18.1. The Balaban J connectivity index is 1.50. The second-order valence-electron chi connectivity index (χ2n) is 6.41. The van der Waals surface area contributed by atoms with Crippen LogP contribution in [0.15, 0.2) is 54.0 Å². The zero-order chi connectivity index (χ0) is 19.3. The van der Waals surface area contributed by atoms with Crippen LogP contribution in [-0.2, 0) is 0 Å². The number of anilines is 4. The summed E-state index contributed by atoms with van der Waals surface area (Å²) < 4.78 is 1.11. The third-order valence-corrected chi connectivity index (χ3v) is 5.17. The molecule has 2 aromatic heterocycles. The minimum Gasteiger partial charge on any atom is -0.357 e. The Morgan fingerprint density at radius 3 is 2.57 bits per heavy atom. The zero-order valence-electron chi connectivity index (χ0n) is 15.7. The lowest BCUT2D eigenvalue weighted by Crippen LogP contribution is -2.14. The normalized spacial score (nSPS) is 11.9. The van der Waals surface area contributed by atoms with Gasteiger partial charge in [-0.25, -0.2) is 4.98 Å². The summed E-state index contributed by atoms with van der Waals surface area (Å²) in [4.78, 5) is 17.6. The molecule has 0 saturated carbocycles. The summed E-state index contributed by atoms with van der Waals surface area (Å²) in [6.45, 7) is 2.90. The van der Waals surface area contributed by atoms with E-state index in [9.17, 15) is 0 Å². The molecule has 0 amide bonds. The van der Waals surface area contributed by atoms with Crippen molar-refractivity contribution in [3.05, 3.63) is 59.6 Å². The maximum atomic E-state index is 4.51. The van der Waals surface area contributed by atoms with Crippen LogP contribution in [0.25, 0.3) is 10.2 Å². The summed E-state index contributed by atoms with van der Waals surface area (Å²) in [5.41, 5.74) is 5.01. The van der Waals surface area contributed by atoms with E-state index in [2.05, 4.69) is 67.1 Å². The monoisotopic (exact) mass is 391 g/mol. The Labute approximate surface area is 167 Å². The highest BCUT2D eigenvalue weighted by molar-refractivity contribution is 7.16. The highest BCUT2D eigenvalue weighted by Gasteiger charge is 2.09. The van der Waals surface area contributed by atoms with Crippen LogP contribution in [0.3, 0.4) is 0 Å². The lowest BCUT2D eigenvalue weighted by molar-refractivity contribution is 0.795. The smallest absolute Gasteiger partial charge is 0.233 e. The fraction of sp³-hybridized carbons (Fsp3) is 0.200. The Hall–Kier alpha value is -3.26. The molecule has 0 aliphatic carbocycles. The lowest BCUT2D eigenvalue weighted by atomic mass is 10.0. The lowest BCUT2D eigenvalue weighted by Gasteiger charge is -2.14. The fourth-order valence-corrected chi connectivity index (χ4v) is 3.54. The van der Waals surface area contributed by atoms with Crippen LogP contribution in [0, 0.1) is 0 Å². The van der Waals surface area contributed by atoms with Gasteiger partial charge in [0, 0.05) is 19.3 Å². The molecular weight excluding hydrogens is 370 g/mol. The average molecular weight is 392 g/mol. The fourth-order valence-electron chi connectivity index (χ4n) is 2.83. The van der Waals surface area contributed by atoms with Crippen molar-refractivity contribution in [3.63, 3.8) is 0 Å². The predicted octanol–water partition coefficient (Wildman–Crippen LogP) is 4.48. The third kappa shape index (κ3) is 4.17. The molecule has 142 valence electrons. The first-order valence-corrected chi connectivity index (χ1v) is 9.92. The predicted molar refractivity (Wildman–Crippen MR) is 116 cm³/mol. The van der Waals surface area contributed by atoms with Gasteiger partial charge in [0.15, 0.2) is 0 Å². The van der Waals surface area contributed by atoms with Crippen molar-refractivity contribution >= 4 is 45.1 Å². The molecule has 0 aliphatic rings. The van der Waals surface area contributed by atoms with Gasteiger partial charge in [-0.3, -0.25) is 0 Å². The van der Waals surface area contributed by atoms with Crippen LogP contribution in [-0.4, -0.2) is 33.5 Å². The van der Waals surface area contributed by atoms with Crippen LogP contribution >= 0.6 is 11.3 Å². The van der Waals surface area contributed by atoms with Crippen molar-refractivity contribution in [2.75, 3.05) is 29.5 Å². The Kier molecular flexibility index (Phi) is 5.29. The number of nitrogens with zero attached hydrogens (tertiary/aromatic N) is 4. The van der Waals surface area contributed by atoms with E-state index in [0.717, 1.165) is 22.4 Å². The molecule has 0 aliphatic heterocycles. The van der Waals surface area contributed by atoms with E-state index in [1.54, 1.807) is 18.4 Å². The number of nitrogens with one attached hydrogen (secondary N) is 3. The summed E-state index contributed by atoms with van der Waals surface area (Å²) in [5.74, 6) is 1.86. The van der Waals surface area contributed by atoms with Crippen LogP contribution in [0.1, 0.15) is 18.4 Å². The molecular formula is C20H21N7S. The van der Waals surface area contributed by atoms with Gasteiger partial charge in [-0.2, -0.15) is 15.0 Å². The van der Waals surface area contributed by atoms with Gasteiger partial charge < -0.3 is 16.0 Å². The molecule has 1 unspecified atom stereocenters. The van der Waals surface area contributed by atoms with Crippen LogP contribution < -0.4 is 16.0 Å². The number of benzene rings is 2. The Morgan fingerprint density at radius 2 is 1.75 bits per heavy atom. The van der Waals surface area contributed by atoms with Gasteiger partial charge in [0.05, 0.1) is 15.7 Å². The van der Waals surface area contributed by atoms with E-state index in [1.807, 2.05) is 29.8 Å². The van der Waals surface area contributed by atoms with E-state index >= 15 is 0 Å². The summed E-state index contributed by atoms with van der Waals surface area (Å²) in [6.07, 6.45) is 0. The largest absolute Gasteiger partial charge is 0.357 e. The van der Waals surface area contributed by atoms with E-state index in [1.165, 1.54) is 5.56 Å². The van der Waals surface area contributed by atoms with Gasteiger partial charge >= 0.3 is 0 Å². The summed E-state index contributed by atoms with van der Waals surface area (Å²) in [5, 5.41) is 9.56. The number of aromatic nitrogens is 4. The SMILES string of the molecule is CNc1nc(NCC(C)c2ccccc2)nc(Nc2ccc3ncsc3c2)n1. The molecule has 0 spiro atoms. The molecule has 8 heteroatoms. The molecule has 4 aromatic rings. The van der Waals surface area contributed by atoms with Crippen molar-refractivity contribution < 1.29 is 0 Å². The maximum absolute atomic E-state index is 4.51. The van der Waals surface area contributed by atoms with Gasteiger partial charge in [0.2, 0.25) is 17.8 Å². The number of thiazole rings is 1. The number of fused-ring (bicyclic) bond motifs is 1. The molecule has 4 rings (SSSR count). The molecule has 1 atom stereocenters. The van der Waals surface area contributed by atoms with Gasteiger partial charge in [-0.05, 0) is 29.7 Å².